The summed E-state index contributed by atoms with van der Waals surface area (Å²) in [5, 5.41) is 3.05. The molecule has 0 saturated carbocycles. The Bertz CT molecular complexity index is 985. The zero-order valence-corrected chi connectivity index (χ0v) is 15.6. The Labute approximate surface area is 156 Å². The molecule has 144 valence electrons. The first-order valence-corrected chi connectivity index (χ1v) is 9.24. The number of nitrogens with zero attached hydrogens (tertiary/aromatic N) is 3. The van der Waals surface area contributed by atoms with Crippen LogP contribution in [0.4, 0.5) is 0 Å². The highest BCUT2D eigenvalue weighted by atomic mass is 16.2. The quantitative estimate of drug-likeness (QED) is 0.817. The Morgan fingerprint density at radius 3 is 2.44 bits per heavy atom. The monoisotopic (exact) mass is 372 g/mol. The van der Waals surface area contributed by atoms with Gasteiger partial charge in [-0.05, 0) is 38.8 Å². The second-order valence-electron chi connectivity index (χ2n) is 6.76. The maximum atomic E-state index is 12.7. The molecule has 1 aliphatic rings. The molecular weight excluding hydrogens is 348 g/mol. The zero-order chi connectivity index (χ0) is 19.6. The van der Waals surface area contributed by atoms with Crippen molar-refractivity contribution in [3.8, 4) is 0 Å². The van der Waals surface area contributed by atoms with E-state index in [0.29, 0.717) is 24.0 Å². The van der Waals surface area contributed by atoms with E-state index in [4.69, 9.17) is 0 Å². The minimum absolute atomic E-state index is 0.114. The highest BCUT2D eigenvalue weighted by Gasteiger charge is 2.24. The molecule has 1 fully saturated rings. The topological polar surface area (TPSA) is 93.4 Å². The molecule has 8 nitrogen and oxygen atoms in total. The van der Waals surface area contributed by atoms with E-state index in [9.17, 15) is 19.2 Å². The molecule has 1 atom stereocenters. The molecule has 1 aromatic carbocycles. The molecule has 27 heavy (non-hydrogen) atoms. The van der Waals surface area contributed by atoms with Crippen LogP contribution in [0.25, 0.3) is 10.9 Å². The number of amides is 2. The third-order valence-corrected chi connectivity index (χ3v) is 4.92. The highest BCUT2D eigenvalue weighted by molar-refractivity contribution is 5.88. The Kier molecular flexibility index (Phi) is 5.43. The number of likely N-dealkylation sites (tertiary alicyclic amines) is 1. The van der Waals surface area contributed by atoms with Crippen LogP contribution in [0, 0.1) is 0 Å². The van der Waals surface area contributed by atoms with Crippen molar-refractivity contribution in [1.82, 2.24) is 19.4 Å². The Morgan fingerprint density at radius 1 is 1.11 bits per heavy atom. The molecule has 2 heterocycles. The predicted molar refractivity (Wildman–Crippen MR) is 102 cm³/mol. The molecule has 0 unspecified atom stereocenters. The lowest BCUT2D eigenvalue weighted by Gasteiger charge is -2.21. The van der Waals surface area contributed by atoms with Gasteiger partial charge < -0.3 is 10.2 Å². The van der Waals surface area contributed by atoms with Gasteiger partial charge in [-0.25, -0.2) is 4.79 Å². The average Bonchev–Trinajstić information content (AvgIpc) is 3.19. The number of aromatic nitrogens is 2. The van der Waals surface area contributed by atoms with Crippen molar-refractivity contribution in [2.24, 2.45) is 0 Å². The largest absolute Gasteiger partial charge is 0.343 e. The molecule has 8 heteroatoms. The first-order chi connectivity index (χ1) is 12.9. The molecule has 3 rings (SSSR count). The third-order valence-electron chi connectivity index (χ3n) is 4.92. The van der Waals surface area contributed by atoms with Crippen molar-refractivity contribution >= 4 is 22.7 Å². The second-order valence-corrected chi connectivity index (χ2v) is 6.76. The van der Waals surface area contributed by atoms with Crippen molar-refractivity contribution in [3.05, 3.63) is 45.1 Å². The average molecular weight is 372 g/mol. The van der Waals surface area contributed by atoms with E-state index in [-0.39, 0.29) is 24.6 Å². The summed E-state index contributed by atoms with van der Waals surface area (Å²) in [5.41, 5.74) is -0.493. The van der Waals surface area contributed by atoms with Crippen LogP contribution < -0.4 is 16.6 Å². The SMILES string of the molecule is CCn1c(=O)c2ccccc2n(CC(=O)N[C@@H](C)C(=O)N2CCCC2)c1=O. The number of benzene rings is 1. The number of nitrogens with one attached hydrogen (secondary N) is 1. The predicted octanol–water partition coefficient (Wildman–Crippen LogP) is 0.310. The van der Waals surface area contributed by atoms with Crippen LogP contribution in [0.3, 0.4) is 0 Å². The van der Waals surface area contributed by atoms with Crippen molar-refractivity contribution < 1.29 is 9.59 Å². The summed E-state index contributed by atoms with van der Waals surface area (Å²) in [6.07, 6.45) is 1.96. The van der Waals surface area contributed by atoms with Crippen LogP contribution >= 0.6 is 0 Å². The van der Waals surface area contributed by atoms with Crippen molar-refractivity contribution in [2.45, 2.75) is 45.8 Å². The minimum atomic E-state index is -0.658. The molecule has 1 N–H and O–H groups in total. The number of rotatable bonds is 5. The van der Waals surface area contributed by atoms with Crippen LogP contribution in [0.2, 0.25) is 0 Å². The maximum absolute atomic E-state index is 12.7. The number of para-hydroxylation sites is 1. The number of hydrogen-bond donors (Lipinski definition) is 1. The van der Waals surface area contributed by atoms with Gasteiger partial charge in [0.1, 0.15) is 12.6 Å². The summed E-state index contributed by atoms with van der Waals surface area (Å²) in [6, 6.07) is 6.05. The van der Waals surface area contributed by atoms with Gasteiger partial charge >= 0.3 is 5.69 Å². The van der Waals surface area contributed by atoms with Gasteiger partial charge in [-0.2, -0.15) is 0 Å². The molecule has 0 spiro atoms. The molecule has 0 radical (unpaired) electrons. The molecule has 0 aliphatic carbocycles. The summed E-state index contributed by atoms with van der Waals surface area (Å²) in [6.45, 7) is 4.74. The van der Waals surface area contributed by atoms with Gasteiger partial charge in [0, 0.05) is 19.6 Å². The molecule has 1 aliphatic heterocycles. The van der Waals surface area contributed by atoms with Gasteiger partial charge in [0.25, 0.3) is 5.56 Å². The van der Waals surface area contributed by atoms with Crippen LogP contribution in [0.15, 0.2) is 33.9 Å². The maximum Gasteiger partial charge on any atom is 0.331 e. The summed E-state index contributed by atoms with van der Waals surface area (Å²) >= 11 is 0. The molecule has 1 saturated heterocycles. The van der Waals surface area contributed by atoms with Gasteiger partial charge in [-0.1, -0.05) is 12.1 Å². The Hall–Kier alpha value is -2.90. The summed E-state index contributed by atoms with van der Waals surface area (Å²) in [5.74, 6) is -0.555. The summed E-state index contributed by atoms with van der Waals surface area (Å²) in [4.78, 5) is 51.7. The standard InChI is InChI=1S/C19H24N4O4/c1-3-22-18(26)14-8-4-5-9-15(14)23(19(22)27)12-16(24)20-13(2)17(25)21-10-6-7-11-21/h4-5,8-9,13H,3,6-7,10-12H2,1-2H3,(H,20,24)/t13-/m0/s1. The van der Waals surface area contributed by atoms with Crippen molar-refractivity contribution in [2.75, 3.05) is 13.1 Å². The molecule has 1 aromatic heterocycles. The lowest BCUT2D eigenvalue weighted by atomic mass is 10.2. The van der Waals surface area contributed by atoms with E-state index in [2.05, 4.69) is 5.32 Å². The van der Waals surface area contributed by atoms with Gasteiger partial charge in [-0.15, -0.1) is 0 Å². The van der Waals surface area contributed by atoms with E-state index >= 15 is 0 Å². The van der Waals surface area contributed by atoms with Crippen LogP contribution in [-0.4, -0.2) is 45.0 Å². The Balaban J connectivity index is 1.85. The highest BCUT2D eigenvalue weighted by Crippen LogP contribution is 2.10. The van der Waals surface area contributed by atoms with Crippen LogP contribution in [-0.2, 0) is 22.7 Å². The number of carbonyl (C=O) groups excluding carboxylic acids is 2. The number of hydrogen-bond acceptors (Lipinski definition) is 4. The van der Waals surface area contributed by atoms with Gasteiger partial charge in [0.15, 0.2) is 0 Å². The smallest absolute Gasteiger partial charge is 0.331 e. The first-order valence-electron chi connectivity index (χ1n) is 9.24. The van der Waals surface area contributed by atoms with Crippen LogP contribution in [0.5, 0.6) is 0 Å². The number of fused-ring (bicyclic) bond motifs is 1. The van der Waals surface area contributed by atoms with E-state index in [1.807, 2.05) is 0 Å². The molecule has 0 bridgehead atoms. The summed E-state index contributed by atoms with van der Waals surface area (Å²) < 4.78 is 2.39. The second kappa shape index (κ2) is 7.77. The summed E-state index contributed by atoms with van der Waals surface area (Å²) in [7, 11) is 0. The zero-order valence-electron chi connectivity index (χ0n) is 15.6. The molecule has 2 amide bonds. The van der Waals surface area contributed by atoms with Gasteiger partial charge in [-0.3, -0.25) is 23.5 Å². The van der Waals surface area contributed by atoms with E-state index in [1.54, 1.807) is 43.0 Å². The molecule has 2 aromatic rings. The lowest BCUT2D eigenvalue weighted by Crippen LogP contribution is -2.48. The Morgan fingerprint density at radius 2 is 1.78 bits per heavy atom. The van der Waals surface area contributed by atoms with Gasteiger partial charge in [0.2, 0.25) is 11.8 Å². The van der Waals surface area contributed by atoms with Crippen molar-refractivity contribution in [1.29, 1.82) is 0 Å². The van der Waals surface area contributed by atoms with Crippen LogP contribution in [0.1, 0.15) is 26.7 Å². The first kappa shape index (κ1) is 18.9. The lowest BCUT2D eigenvalue weighted by molar-refractivity contribution is -0.135. The van der Waals surface area contributed by atoms with E-state index < -0.39 is 17.6 Å². The fraction of sp³-hybridized carbons (Fsp3) is 0.474. The number of carbonyl (C=O) groups is 2. The fourth-order valence-electron chi connectivity index (χ4n) is 3.51. The van der Waals surface area contributed by atoms with Crippen molar-refractivity contribution in [3.63, 3.8) is 0 Å². The van der Waals surface area contributed by atoms with E-state index in [0.717, 1.165) is 17.4 Å². The fourth-order valence-corrected chi connectivity index (χ4v) is 3.51. The minimum Gasteiger partial charge on any atom is -0.343 e. The third kappa shape index (κ3) is 3.65. The normalized spacial score (nSPS) is 15.1. The van der Waals surface area contributed by atoms with Gasteiger partial charge in [0.05, 0.1) is 10.9 Å². The van der Waals surface area contributed by atoms with E-state index in [1.165, 1.54) is 4.57 Å². The molecular formula is C19H24N4O4.